The first-order valence-electron chi connectivity index (χ1n) is 8.48. The van der Waals surface area contributed by atoms with Crippen LogP contribution in [0.4, 0.5) is 9.52 Å². The normalized spacial score (nSPS) is 20.3. The van der Waals surface area contributed by atoms with E-state index in [-0.39, 0.29) is 23.2 Å². The molecule has 11 heteroatoms. The lowest BCUT2D eigenvalue weighted by molar-refractivity contribution is -0.114. The zero-order valence-electron chi connectivity index (χ0n) is 14.8. The predicted molar refractivity (Wildman–Crippen MR) is 96.1 cm³/mol. The van der Waals surface area contributed by atoms with Crippen molar-refractivity contribution in [2.24, 2.45) is 0 Å². The van der Waals surface area contributed by atoms with Crippen LogP contribution in [-0.2, 0) is 11.3 Å². The van der Waals surface area contributed by atoms with E-state index in [1.165, 1.54) is 6.92 Å². The second-order valence-corrected chi connectivity index (χ2v) is 7.54. The van der Waals surface area contributed by atoms with Crippen LogP contribution in [-0.4, -0.2) is 54.1 Å². The van der Waals surface area contributed by atoms with Gasteiger partial charge in [-0.25, -0.2) is 4.40 Å². The fraction of sp³-hybridized carbons (Fsp3) is 0.438. The summed E-state index contributed by atoms with van der Waals surface area (Å²) in [5, 5.41) is 10.9. The van der Waals surface area contributed by atoms with Gasteiger partial charge in [-0.1, -0.05) is 16.4 Å². The zero-order valence-corrected chi connectivity index (χ0v) is 15.6. The number of nitrogens with zero attached hydrogens (tertiary/aromatic N) is 6. The summed E-state index contributed by atoms with van der Waals surface area (Å²) in [6.45, 7) is 4.49. The van der Waals surface area contributed by atoms with E-state index in [0.29, 0.717) is 29.6 Å². The predicted octanol–water partition coefficient (Wildman–Crippen LogP) is 1.72. The lowest BCUT2D eigenvalue weighted by atomic mass is 10.2. The van der Waals surface area contributed by atoms with Gasteiger partial charge in [-0.3, -0.25) is 14.7 Å². The number of thiazole rings is 1. The number of carbonyl (C=O) groups excluding carboxylic acids is 1. The third-order valence-corrected chi connectivity index (χ3v) is 5.33. The summed E-state index contributed by atoms with van der Waals surface area (Å²) in [5.74, 6) is -0.815. The van der Waals surface area contributed by atoms with Crippen LogP contribution in [0, 0.1) is 5.95 Å². The fourth-order valence-electron chi connectivity index (χ4n) is 3.13. The molecule has 27 heavy (non-hydrogen) atoms. The molecule has 0 radical (unpaired) electrons. The van der Waals surface area contributed by atoms with Gasteiger partial charge in [0.2, 0.25) is 11.9 Å². The van der Waals surface area contributed by atoms with Crippen molar-refractivity contribution in [3.05, 3.63) is 29.4 Å². The summed E-state index contributed by atoms with van der Waals surface area (Å²) in [5.41, 5.74) is 0.618. The Morgan fingerprint density at radius 3 is 3.15 bits per heavy atom. The number of carbonyl (C=O) groups is 1. The Bertz CT molecular complexity index is 975. The van der Waals surface area contributed by atoms with Gasteiger partial charge in [0.15, 0.2) is 10.8 Å². The number of nitrogens with one attached hydrogen (secondary N) is 1. The van der Waals surface area contributed by atoms with Gasteiger partial charge in [0.05, 0.1) is 11.1 Å². The number of rotatable bonds is 5. The highest BCUT2D eigenvalue weighted by molar-refractivity contribution is 7.15. The van der Waals surface area contributed by atoms with Crippen molar-refractivity contribution < 1.29 is 13.9 Å². The van der Waals surface area contributed by atoms with Crippen molar-refractivity contribution in [1.82, 2.24) is 29.5 Å². The molecule has 3 aromatic heterocycles. The maximum atomic E-state index is 14.1. The van der Waals surface area contributed by atoms with Gasteiger partial charge in [-0.15, -0.1) is 5.10 Å². The lowest BCUT2D eigenvalue weighted by Crippen LogP contribution is -2.28. The van der Waals surface area contributed by atoms with Crippen molar-refractivity contribution in [2.45, 2.75) is 39.0 Å². The molecule has 0 aliphatic carbocycles. The average Bonchev–Trinajstić information content (AvgIpc) is 3.27. The minimum Gasteiger partial charge on any atom is -0.459 e. The molecule has 1 aliphatic rings. The Hall–Kier alpha value is -2.66. The van der Waals surface area contributed by atoms with Gasteiger partial charge in [-0.05, 0) is 6.92 Å². The number of hydrogen-bond acceptors (Lipinski definition) is 8. The maximum Gasteiger partial charge on any atom is 0.321 e. The molecule has 9 nitrogen and oxygen atoms in total. The van der Waals surface area contributed by atoms with Crippen molar-refractivity contribution in [2.75, 3.05) is 11.9 Å². The molecular formula is C16H18FN7O2S. The minimum absolute atomic E-state index is 0.0774. The van der Waals surface area contributed by atoms with Crippen molar-refractivity contribution >= 4 is 28.0 Å². The quantitative estimate of drug-likeness (QED) is 0.707. The van der Waals surface area contributed by atoms with Crippen molar-refractivity contribution in [3.63, 3.8) is 0 Å². The summed E-state index contributed by atoms with van der Waals surface area (Å²) in [6.07, 6.45) is 5.72. The first-order chi connectivity index (χ1) is 13.0. The van der Waals surface area contributed by atoms with E-state index in [1.807, 2.05) is 0 Å². The van der Waals surface area contributed by atoms with Crippen LogP contribution in [0.1, 0.15) is 25.1 Å². The second-order valence-electron chi connectivity index (χ2n) is 6.46. The number of likely N-dealkylation sites (tertiary alicyclic amines) is 1. The van der Waals surface area contributed by atoms with Gasteiger partial charge >= 0.3 is 6.01 Å². The molecule has 2 atom stereocenters. The van der Waals surface area contributed by atoms with E-state index < -0.39 is 5.95 Å². The topological polar surface area (TPSA) is 97.5 Å². The Balaban J connectivity index is 1.43. The zero-order chi connectivity index (χ0) is 19.0. The third-order valence-electron chi connectivity index (χ3n) is 4.40. The monoisotopic (exact) mass is 391 g/mol. The van der Waals surface area contributed by atoms with Gasteiger partial charge in [0.1, 0.15) is 6.10 Å². The molecule has 142 valence electrons. The van der Waals surface area contributed by atoms with Crippen LogP contribution in [0.3, 0.4) is 0 Å². The highest BCUT2D eigenvalue weighted by Gasteiger charge is 2.32. The molecular weight excluding hydrogens is 373 g/mol. The maximum absolute atomic E-state index is 14.1. The molecule has 1 saturated heterocycles. The van der Waals surface area contributed by atoms with E-state index in [4.69, 9.17) is 4.74 Å². The van der Waals surface area contributed by atoms with Gasteiger partial charge in [0.25, 0.3) is 0 Å². The summed E-state index contributed by atoms with van der Waals surface area (Å²) in [7, 11) is 0. The summed E-state index contributed by atoms with van der Waals surface area (Å²) >= 11 is 1.15. The number of aromatic nitrogens is 5. The largest absolute Gasteiger partial charge is 0.459 e. The van der Waals surface area contributed by atoms with Gasteiger partial charge < -0.3 is 10.1 Å². The lowest BCUT2D eigenvalue weighted by Gasteiger charge is -2.19. The highest BCUT2D eigenvalue weighted by atomic mass is 32.1. The van der Waals surface area contributed by atoms with Gasteiger partial charge in [0, 0.05) is 44.9 Å². The summed E-state index contributed by atoms with van der Waals surface area (Å²) < 4.78 is 21.8. The standard InChI is InChI=1S/C16H18FN7O2S/c1-9-5-11(26-16-22-21-13-6-18-3-4-24(13)16)7-23(9)8-12-14(17)20-15(27-12)19-10(2)25/h3-4,6,9,11H,5,7-8H2,1-2H3,(H,19,20,25)/t9-,11+/m0/s1. The van der Waals surface area contributed by atoms with Crippen LogP contribution < -0.4 is 10.1 Å². The molecule has 1 amide bonds. The minimum atomic E-state index is -0.545. The molecule has 3 aromatic rings. The SMILES string of the molecule is CC(=O)Nc1nc(F)c(CN2C[C@H](Oc3nnc4cnccn34)C[C@@H]2C)s1. The summed E-state index contributed by atoms with van der Waals surface area (Å²) in [4.78, 5) is 21.5. The molecule has 0 bridgehead atoms. The second kappa shape index (κ2) is 7.16. The van der Waals surface area contributed by atoms with Crippen LogP contribution in [0.15, 0.2) is 18.6 Å². The van der Waals surface area contributed by atoms with Crippen molar-refractivity contribution in [1.29, 1.82) is 0 Å². The third kappa shape index (κ3) is 3.74. The van der Waals surface area contributed by atoms with Gasteiger partial charge in [-0.2, -0.15) is 9.37 Å². The van der Waals surface area contributed by atoms with E-state index in [0.717, 1.165) is 17.8 Å². The molecule has 0 spiro atoms. The molecule has 4 rings (SSSR count). The first-order valence-corrected chi connectivity index (χ1v) is 9.29. The number of halogens is 1. The smallest absolute Gasteiger partial charge is 0.321 e. The first kappa shape index (κ1) is 17.7. The Morgan fingerprint density at radius 1 is 1.48 bits per heavy atom. The van der Waals surface area contributed by atoms with Crippen LogP contribution >= 0.6 is 11.3 Å². The van der Waals surface area contributed by atoms with Crippen LogP contribution in [0.25, 0.3) is 5.65 Å². The number of ether oxygens (including phenoxy) is 1. The number of fused-ring (bicyclic) bond motifs is 1. The number of anilines is 1. The average molecular weight is 391 g/mol. The van der Waals surface area contributed by atoms with Crippen LogP contribution in [0.2, 0.25) is 0 Å². The number of hydrogen-bond donors (Lipinski definition) is 1. The summed E-state index contributed by atoms with van der Waals surface area (Å²) in [6, 6.07) is 0.630. The highest BCUT2D eigenvalue weighted by Crippen LogP contribution is 2.28. The Morgan fingerprint density at radius 2 is 2.33 bits per heavy atom. The molecule has 0 saturated carbocycles. The Labute approximate surface area is 158 Å². The molecule has 0 unspecified atom stereocenters. The van der Waals surface area contributed by atoms with E-state index >= 15 is 0 Å². The Kier molecular flexibility index (Phi) is 4.70. The number of amides is 1. The van der Waals surface area contributed by atoms with Crippen LogP contribution in [0.5, 0.6) is 6.01 Å². The molecule has 1 N–H and O–H groups in total. The fourth-order valence-corrected chi connectivity index (χ4v) is 4.05. The molecule has 0 aromatic carbocycles. The molecule has 4 heterocycles. The van der Waals surface area contributed by atoms with Crippen molar-refractivity contribution in [3.8, 4) is 6.01 Å². The van der Waals surface area contributed by atoms with E-state index in [2.05, 4.69) is 37.3 Å². The van der Waals surface area contributed by atoms with E-state index in [9.17, 15) is 9.18 Å². The molecule has 1 fully saturated rings. The molecule has 1 aliphatic heterocycles. The van der Waals surface area contributed by atoms with E-state index in [1.54, 1.807) is 23.0 Å².